The third-order valence-corrected chi connectivity index (χ3v) is 3.18. The van der Waals surface area contributed by atoms with Crippen molar-refractivity contribution in [1.29, 1.82) is 0 Å². The minimum Gasteiger partial charge on any atom is -0.383 e. The lowest BCUT2D eigenvalue weighted by molar-refractivity contribution is 0.210. The van der Waals surface area contributed by atoms with E-state index in [1.807, 2.05) is 19.3 Å². The molecule has 0 saturated carbocycles. The zero-order valence-electron chi connectivity index (χ0n) is 12.5. The van der Waals surface area contributed by atoms with Gasteiger partial charge in [-0.2, -0.15) is 5.10 Å². The van der Waals surface area contributed by atoms with Crippen LogP contribution < -0.4 is 5.32 Å². The molecule has 0 spiro atoms. The van der Waals surface area contributed by atoms with Gasteiger partial charge in [0.05, 0.1) is 12.3 Å². The van der Waals surface area contributed by atoms with Crippen LogP contribution in [0.5, 0.6) is 0 Å². The van der Waals surface area contributed by atoms with Gasteiger partial charge in [0.15, 0.2) is 0 Å². The topological polar surface area (TPSA) is 56.9 Å². The second kappa shape index (κ2) is 7.09. The highest BCUT2D eigenvalue weighted by atomic mass is 16.5. The Bertz CT molecular complexity index is 531. The number of ether oxygens (including phenoxy) is 1. The molecule has 0 amide bonds. The van der Waals surface area contributed by atoms with Crippen LogP contribution in [0, 0.1) is 13.8 Å². The number of anilines is 1. The van der Waals surface area contributed by atoms with E-state index in [4.69, 9.17) is 4.74 Å². The smallest absolute Gasteiger partial charge is 0.202 e. The number of hydrogen-bond acceptors (Lipinski definition) is 4. The molecule has 0 radical (unpaired) electrons. The van der Waals surface area contributed by atoms with Crippen molar-refractivity contribution in [2.45, 2.75) is 33.4 Å². The highest BCUT2D eigenvalue weighted by molar-refractivity contribution is 5.25. The van der Waals surface area contributed by atoms with Gasteiger partial charge in [0.25, 0.3) is 0 Å². The lowest BCUT2D eigenvalue weighted by atomic mass is 10.4. The predicted molar refractivity (Wildman–Crippen MR) is 78.9 cm³/mol. The molecule has 0 bridgehead atoms. The summed E-state index contributed by atoms with van der Waals surface area (Å²) in [6, 6.07) is 2.11. The SMILES string of the molecule is COCCNc1nccn1CCCn1nc(C)cc1C. The molecule has 2 rings (SSSR count). The second-order valence-corrected chi connectivity index (χ2v) is 4.87. The van der Waals surface area contributed by atoms with Crippen LogP contribution in [0.3, 0.4) is 0 Å². The Kier molecular flexibility index (Phi) is 5.17. The molecule has 0 atom stereocenters. The normalized spacial score (nSPS) is 10.9. The Balaban J connectivity index is 1.82. The third-order valence-electron chi connectivity index (χ3n) is 3.18. The third kappa shape index (κ3) is 3.84. The Morgan fingerprint density at radius 1 is 1.30 bits per heavy atom. The maximum Gasteiger partial charge on any atom is 0.202 e. The summed E-state index contributed by atoms with van der Waals surface area (Å²) in [5.74, 6) is 0.899. The standard InChI is InChI=1S/C14H23N5O/c1-12-11-13(2)19(17-12)8-4-7-18-9-5-15-14(18)16-6-10-20-3/h5,9,11H,4,6-8,10H2,1-3H3,(H,15,16). The van der Waals surface area contributed by atoms with E-state index in [0.717, 1.165) is 37.7 Å². The fraction of sp³-hybridized carbons (Fsp3) is 0.571. The summed E-state index contributed by atoms with van der Waals surface area (Å²) in [4.78, 5) is 4.31. The highest BCUT2D eigenvalue weighted by Crippen LogP contribution is 2.07. The van der Waals surface area contributed by atoms with Crippen molar-refractivity contribution in [3.05, 3.63) is 29.8 Å². The van der Waals surface area contributed by atoms with E-state index in [-0.39, 0.29) is 0 Å². The average molecular weight is 277 g/mol. The van der Waals surface area contributed by atoms with Gasteiger partial charge in [-0.3, -0.25) is 4.68 Å². The van der Waals surface area contributed by atoms with Crippen LogP contribution in [0.4, 0.5) is 5.95 Å². The fourth-order valence-electron chi connectivity index (χ4n) is 2.21. The Morgan fingerprint density at radius 2 is 2.15 bits per heavy atom. The Morgan fingerprint density at radius 3 is 2.85 bits per heavy atom. The fourth-order valence-corrected chi connectivity index (χ4v) is 2.21. The zero-order valence-corrected chi connectivity index (χ0v) is 12.5. The molecule has 0 saturated heterocycles. The van der Waals surface area contributed by atoms with E-state index in [1.54, 1.807) is 7.11 Å². The van der Waals surface area contributed by atoms with Gasteiger partial charge < -0.3 is 14.6 Å². The average Bonchev–Trinajstić information content (AvgIpc) is 2.97. The number of methoxy groups -OCH3 is 1. The van der Waals surface area contributed by atoms with Gasteiger partial charge in [0, 0.05) is 44.8 Å². The zero-order chi connectivity index (χ0) is 14.4. The first-order valence-corrected chi connectivity index (χ1v) is 6.95. The van der Waals surface area contributed by atoms with Crippen LogP contribution in [-0.4, -0.2) is 39.6 Å². The number of rotatable bonds is 8. The van der Waals surface area contributed by atoms with Crippen LogP contribution in [-0.2, 0) is 17.8 Å². The summed E-state index contributed by atoms with van der Waals surface area (Å²) < 4.78 is 9.21. The van der Waals surface area contributed by atoms with Crippen LogP contribution in [0.2, 0.25) is 0 Å². The monoisotopic (exact) mass is 277 g/mol. The second-order valence-electron chi connectivity index (χ2n) is 4.87. The molecule has 20 heavy (non-hydrogen) atoms. The number of nitrogens with zero attached hydrogens (tertiary/aromatic N) is 4. The van der Waals surface area contributed by atoms with Gasteiger partial charge in [-0.1, -0.05) is 0 Å². The lowest BCUT2D eigenvalue weighted by Crippen LogP contribution is -2.13. The molecule has 2 aromatic heterocycles. The number of hydrogen-bond donors (Lipinski definition) is 1. The van der Waals surface area contributed by atoms with Gasteiger partial charge in [-0.05, 0) is 26.3 Å². The number of aromatic nitrogens is 4. The molecule has 0 aromatic carbocycles. The van der Waals surface area contributed by atoms with Crippen molar-refractivity contribution in [2.24, 2.45) is 0 Å². The molecule has 0 aliphatic heterocycles. The van der Waals surface area contributed by atoms with E-state index in [1.165, 1.54) is 5.69 Å². The first-order valence-electron chi connectivity index (χ1n) is 6.95. The highest BCUT2D eigenvalue weighted by Gasteiger charge is 2.03. The maximum absolute atomic E-state index is 5.02. The summed E-state index contributed by atoms with van der Waals surface area (Å²) in [6.07, 6.45) is 4.84. The summed E-state index contributed by atoms with van der Waals surface area (Å²) in [5, 5.41) is 7.73. The number of nitrogens with one attached hydrogen (secondary N) is 1. The van der Waals surface area contributed by atoms with Crippen molar-refractivity contribution < 1.29 is 4.74 Å². The Labute approximate surface area is 119 Å². The molecule has 2 aromatic rings. The lowest BCUT2D eigenvalue weighted by Gasteiger charge is -2.10. The predicted octanol–water partition coefficient (Wildman–Crippen LogP) is 1.85. The van der Waals surface area contributed by atoms with Gasteiger partial charge >= 0.3 is 0 Å². The molecule has 0 unspecified atom stereocenters. The van der Waals surface area contributed by atoms with Crippen molar-refractivity contribution in [3.63, 3.8) is 0 Å². The van der Waals surface area contributed by atoms with Crippen LogP contribution in [0.1, 0.15) is 17.8 Å². The molecule has 110 valence electrons. The molecular formula is C14H23N5O. The van der Waals surface area contributed by atoms with Crippen molar-refractivity contribution in [2.75, 3.05) is 25.6 Å². The first-order chi connectivity index (χ1) is 9.70. The van der Waals surface area contributed by atoms with Crippen LogP contribution in [0.15, 0.2) is 18.5 Å². The summed E-state index contributed by atoms with van der Waals surface area (Å²) >= 11 is 0. The summed E-state index contributed by atoms with van der Waals surface area (Å²) in [5.41, 5.74) is 2.29. The molecule has 6 nitrogen and oxygen atoms in total. The molecule has 1 N–H and O–H groups in total. The number of aryl methyl sites for hydroxylation is 4. The molecule has 0 fully saturated rings. The van der Waals surface area contributed by atoms with Crippen molar-refractivity contribution in [1.82, 2.24) is 19.3 Å². The quantitative estimate of drug-likeness (QED) is 0.748. The first kappa shape index (κ1) is 14.6. The molecule has 2 heterocycles. The van der Waals surface area contributed by atoms with E-state index < -0.39 is 0 Å². The summed E-state index contributed by atoms with van der Waals surface area (Å²) in [6.45, 7) is 7.42. The summed E-state index contributed by atoms with van der Waals surface area (Å²) in [7, 11) is 1.70. The minimum atomic E-state index is 0.679. The minimum absolute atomic E-state index is 0.679. The van der Waals surface area contributed by atoms with E-state index in [2.05, 4.69) is 37.6 Å². The molecule has 0 aliphatic carbocycles. The Hall–Kier alpha value is -1.82. The van der Waals surface area contributed by atoms with Crippen molar-refractivity contribution in [3.8, 4) is 0 Å². The van der Waals surface area contributed by atoms with Gasteiger partial charge in [0.1, 0.15) is 0 Å². The van der Waals surface area contributed by atoms with Gasteiger partial charge in [-0.25, -0.2) is 4.98 Å². The number of imidazole rings is 1. The molecular weight excluding hydrogens is 254 g/mol. The van der Waals surface area contributed by atoms with Crippen LogP contribution >= 0.6 is 0 Å². The van der Waals surface area contributed by atoms with E-state index >= 15 is 0 Å². The van der Waals surface area contributed by atoms with Gasteiger partial charge in [-0.15, -0.1) is 0 Å². The molecule has 6 heteroatoms. The molecule has 0 aliphatic rings. The van der Waals surface area contributed by atoms with Crippen LogP contribution in [0.25, 0.3) is 0 Å². The van der Waals surface area contributed by atoms with E-state index in [0.29, 0.717) is 6.61 Å². The largest absolute Gasteiger partial charge is 0.383 e. The van der Waals surface area contributed by atoms with Gasteiger partial charge in [0.2, 0.25) is 5.95 Å². The van der Waals surface area contributed by atoms with Crippen molar-refractivity contribution >= 4 is 5.95 Å². The van der Waals surface area contributed by atoms with E-state index in [9.17, 15) is 0 Å². The maximum atomic E-state index is 5.02.